The second kappa shape index (κ2) is 4.67. The second-order valence-electron chi connectivity index (χ2n) is 2.15. The molecule has 0 bridgehead atoms. The van der Waals surface area contributed by atoms with Crippen molar-refractivity contribution in [2.75, 3.05) is 6.86 Å². The van der Waals surface area contributed by atoms with Crippen LogP contribution in [0.3, 0.4) is 0 Å². The van der Waals surface area contributed by atoms with Crippen LogP contribution < -0.4 is 4.74 Å². The van der Waals surface area contributed by atoms with Gasteiger partial charge in [0.25, 0.3) is 0 Å². The van der Waals surface area contributed by atoms with Crippen LogP contribution >= 0.6 is 27.5 Å². The number of alkyl halides is 2. The molecule has 0 aliphatic rings. The minimum Gasteiger partial charge on any atom is -0.461 e. The van der Waals surface area contributed by atoms with Crippen LogP contribution in [0.25, 0.3) is 0 Å². The molecule has 0 atom stereocenters. The molecule has 0 aliphatic carbocycles. The Morgan fingerprint density at radius 3 is 2.75 bits per heavy atom. The van der Waals surface area contributed by atoms with Crippen molar-refractivity contribution in [3.05, 3.63) is 28.8 Å². The van der Waals surface area contributed by atoms with E-state index in [0.29, 0.717) is 10.8 Å². The van der Waals surface area contributed by atoms with Crippen molar-refractivity contribution in [1.29, 1.82) is 0 Å². The molecule has 1 aromatic carbocycles. The minimum atomic E-state index is -0.854. The summed E-state index contributed by atoms with van der Waals surface area (Å²) in [6.07, 6.45) is 0. The van der Waals surface area contributed by atoms with E-state index < -0.39 is 6.86 Å². The fraction of sp³-hybridized carbons (Fsp3) is 0.250. The predicted molar refractivity (Wildman–Crippen MR) is 50.7 cm³/mol. The maximum atomic E-state index is 11.8. The molecule has 1 aromatic rings. The molecule has 0 N–H and O–H groups in total. The van der Waals surface area contributed by atoms with Crippen molar-refractivity contribution in [1.82, 2.24) is 0 Å². The van der Waals surface area contributed by atoms with Crippen LogP contribution in [-0.4, -0.2) is 6.86 Å². The van der Waals surface area contributed by atoms with Crippen molar-refractivity contribution in [3.63, 3.8) is 0 Å². The van der Waals surface area contributed by atoms with Gasteiger partial charge < -0.3 is 4.74 Å². The third kappa shape index (κ3) is 2.35. The first-order valence-electron chi connectivity index (χ1n) is 3.31. The predicted octanol–water partition coefficient (Wildman–Crippen LogP) is 3.54. The van der Waals surface area contributed by atoms with Gasteiger partial charge in [-0.15, -0.1) is 0 Å². The van der Waals surface area contributed by atoms with Gasteiger partial charge in [0.05, 0.1) is 5.02 Å². The average molecular weight is 253 g/mol. The molecule has 0 unspecified atom stereocenters. The van der Waals surface area contributed by atoms with Crippen LogP contribution in [0.5, 0.6) is 5.75 Å². The van der Waals surface area contributed by atoms with Gasteiger partial charge in [0.2, 0.25) is 6.86 Å². The Bertz CT molecular complexity index is 267. The van der Waals surface area contributed by atoms with E-state index >= 15 is 0 Å². The molecular weight excluding hydrogens is 246 g/mol. The molecule has 0 fully saturated rings. The van der Waals surface area contributed by atoms with E-state index in [2.05, 4.69) is 20.7 Å². The third-order valence-corrected chi connectivity index (χ3v) is 2.30. The quantitative estimate of drug-likeness (QED) is 0.749. The van der Waals surface area contributed by atoms with Crippen LogP contribution in [0.15, 0.2) is 18.2 Å². The summed E-state index contributed by atoms with van der Waals surface area (Å²) in [6.45, 7) is -0.854. The zero-order chi connectivity index (χ0) is 8.97. The lowest BCUT2D eigenvalue weighted by molar-refractivity contribution is 0.192. The van der Waals surface area contributed by atoms with E-state index in [4.69, 9.17) is 11.6 Å². The number of hydrogen-bond donors (Lipinski definition) is 0. The highest BCUT2D eigenvalue weighted by atomic mass is 79.9. The summed E-state index contributed by atoms with van der Waals surface area (Å²) in [5, 5.41) is 1.16. The Balaban J connectivity index is 2.87. The first-order chi connectivity index (χ1) is 5.77. The lowest BCUT2D eigenvalue weighted by atomic mass is 10.2. The number of rotatable bonds is 3. The van der Waals surface area contributed by atoms with Crippen molar-refractivity contribution in [3.8, 4) is 5.75 Å². The summed E-state index contributed by atoms with van der Waals surface area (Å²) in [5.41, 5.74) is 1.03. The van der Waals surface area contributed by atoms with Crippen LogP contribution in [-0.2, 0) is 5.33 Å². The lowest BCUT2D eigenvalue weighted by Crippen LogP contribution is -1.91. The van der Waals surface area contributed by atoms with E-state index in [9.17, 15) is 4.39 Å². The first-order valence-corrected chi connectivity index (χ1v) is 4.81. The first kappa shape index (κ1) is 9.81. The Morgan fingerprint density at radius 2 is 2.25 bits per heavy atom. The second-order valence-corrected chi connectivity index (χ2v) is 3.12. The van der Waals surface area contributed by atoms with Crippen molar-refractivity contribution in [2.45, 2.75) is 5.33 Å². The molecule has 12 heavy (non-hydrogen) atoms. The van der Waals surface area contributed by atoms with Gasteiger partial charge in [-0.2, -0.15) is 0 Å². The molecule has 0 amide bonds. The number of ether oxygens (including phenoxy) is 1. The van der Waals surface area contributed by atoms with Gasteiger partial charge in [0.1, 0.15) is 5.75 Å². The Morgan fingerprint density at radius 1 is 1.50 bits per heavy atom. The molecule has 0 radical (unpaired) electrons. The fourth-order valence-electron chi connectivity index (χ4n) is 0.803. The number of benzene rings is 1. The largest absolute Gasteiger partial charge is 0.461 e. The van der Waals surface area contributed by atoms with Gasteiger partial charge in [0.15, 0.2) is 0 Å². The Kier molecular flexibility index (Phi) is 3.82. The number of halogens is 3. The molecule has 0 saturated carbocycles. The van der Waals surface area contributed by atoms with Crippen molar-refractivity contribution in [2.24, 2.45) is 0 Å². The molecule has 0 aromatic heterocycles. The molecule has 1 rings (SSSR count). The Labute approximate surface area is 83.6 Å². The SMILES string of the molecule is FCOc1ccc(CBr)cc1Cl. The maximum Gasteiger partial charge on any atom is 0.228 e. The van der Waals surface area contributed by atoms with Crippen LogP contribution in [0, 0.1) is 0 Å². The van der Waals surface area contributed by atoms with E-state index in [0.717, 1.165) is 10.9 Å². The van der Waals surface area contributed by atoms with Crippen LogP contribution in [0.2, 0.25) is 5.02 Å². The van der Waals surface area contributed by atoms with Gasteiger partial charge in [-0.05, 0) is 17.7 Å². The average Bonchev–Trinajstić information content (AvgIpc) is 2.09. The minimum absolute atomic E-state index is 0.379. The molecule has 0 heterocycles. The molecule has 0 spiro atoms. The summed E-state index contributed by atoms with van der Waals surface area (Å²) in [4.78, 5) is 0. The van der Waals surface area contributed by atoms with Gasteiger partial charge in [0, 0.05) is 5.33 Å². The molecule has 4 heteroatoms. The van der Waals surface area contributed by atoms with Crippen LogP contribution in [0.1, 0.15) is 5.56 Å². The summed E-state index contributed by atoms with van der Waals surface area (Å²) >= 11 is 9.06. The fourth-order valence-corrected chi connectivity index (χ4v) is 1.41. The standard InChI is InChI=1S/C8H7BrClFO/c9-4-6-1-2-8(12-5-11)7(10)3-6/h1-3H,4-5H2. The van der Waals surface area contributed by atoms with Gasteiger partial charge in [-0.1, -0.05) is 33.6 Å². The van der Waals surface area contributed by atoms with Gasteiger partial charge in [-0.3, -0.25) is 0 Å². The third-order valence-electron chi connectivity index (χ3n) is 1.36. The zero-order valence-corrected chi connectivity index (χ0v) is 8.53. The summed E-state index contributed by atoms with van der Waals surface area (Å²) < 4.78 is 16.4. The highest BCUT2D eigenvalue weighted by molar-refractivity contribution is 9.08. The van der Waals surface area contributed by atoms with Gasteiger partial charge in [-0.25, -0.2) is 4.39 Å². The van der Waals surface area contributed by atoms with Gasteiger partial charge >= 0.3 is 0 Å². The highest BCUT2D eigenvalue weighted by Crippen LogP contribution is 2.26. The van der Waals surface area contributed by atoms with E-state index in [-0.39, 0.29) is 0 Å². The highest BCUT2D eigenvalue weighted by Gasteiger charge is 2.01. The lowest BCUT2D eigenvalue weighted by Gasteiger charge is -2.04. The summed E-state index contributed by atoms with van der Waals surface area (Å²) in [6, 6.07) is 5.21. The molecular formula is C8H7BrClFO. The smallest absolute Gasteiger partial charge is 0.228 e. The van der Waals surface area contributed by atoms with Crippen molar-refractivity contribution < 1.29 is 9.13 Å². The molecule has 66 valence electrons. The maximum absolute atomic E-state index is 11.8. The zero-order valence-electron chi connectivity index (χ0n) is 6.19. The molecule has 0 aliphatic heterocycles. The summed E-state index contributed by atoms with van der Waals surface area (Å²) in [7, 11) is 0. The molecule has 0 saturated heterocycles. The number of hydrogen-bond acceptors (Lipinski definition) is 1. The van der Waals surface area contributed by atoms with E-state index in [1.54, 1.807) is 12.1 Å². The summed E-state index contributed by atoms with van der Waals surface area (Å²) in [5.74, 6) is 0.379. The normalized spacial score (nSPS) is 9.92. The van der Waals surface area contributed by atoms with E-state index in [1.807, 2.05) is 6.07 Å². The Hall–Kier alpha value is -0.280. The van der Waals surface area contributed by atoms with E-state index in [1.165, 1.54) is 0 Å². The van der Waals surface area contributed by atoms with Crippen molar-refractivity contribution >= 4 is 27.5 Å². The molecule has 1 nitrogen and oxygen atoms in total. The monoisotopic (exact) mass is 252 g/mol. The topological polar surface area (TPSA) is 9.23 Å². The van der Waals surface area contributed by atoms with Crippen LogP contribution in [0.4, 0.5) is 4.39 Å².